The summed E-state index contributed by atoms with van der Waals surface area (Å²) >= 11 is 0. The van der Waals surface area contributed by atoms with Gasteiger partial charge < -0.3 is 18.9 Å². The number of rotatable bonds is 0. The van der Waals surface area contributed by atoms with Gasteiger partial charge in [0.15, 0.2) is 11.2 Å². The molecule has 0 aromatic heterocycles. The third-order valence-electron chi connectivity index (χ3n) is 5.84. The maximum atomic E-state index is 12.1. The highest BCUT2D eigenvalue weighted by Crippen LogP contribution is 2.64. The Labute approximate surface area is 140 Å². The summed E-state index contributed by atoms with van der Waals surface area (Å²) < 4.78 is 23.1. The van der Waals surface area contributed by atoms with E-state index in [1.54, 1.807) is 0 Å². The van der Waals surface area contributed by atoms with Crippen molar-refractivity contribution in [3.8, 4) is 0 Å². The van der Waals surface area contributed by atoms with Gasteiger partial charge in [-0.05, 0) is 39.5 Å². The first-order valence-corrected chi connectivity index (χ1v) is 8.60. The SMILES string of the molecule is C[C@@]12OC(=O)C=C3OCCCCCCOC4=CC(=O)O[C@]1(C)[C@H]4[C@H]32. The van der Waals surface area contributed by atoms with Crippen molar-refractivity contribution in [1.82, 2.24) is 0 Å². The summed E-state index contributed by atoms with van der Waals surface area (Å²) in [5.74, 6) is -0.0707. The predicted octanol–water partition coefficient (Wildman–Crippen LogP) is 2.24. The highest BCUT2D eigenvalue weighted by molar-refractivity contribution is 5.87. The van der Waals surface area contributed by atoms with E-state index in [1.165, 1.54) is 12.2 Å². The van der Waals surface area contributed by atoms with Gasteiger partial charge in [-0.2, -0.15) is 0 Å². The standard InChI is InChI=1S/C18H22O6/c1-17-15-11(9-13(19)23-17)21-7-5-3-4-6-8-22-12-10-14(20)24-18(17,2)16(12)15/h9-10,15-16H,3-8H2,1-2H3/t15-,16+,17-,18+. The third kappa shape index (κ3) is 2.01. The molecule has 0 aromatic rings. The van der Waals surface area contributed by atoms with E-state index in [4.69, 9.17) is 18.9 Å². The zero-order valence-electron chi connectivity index (χ0n) is 14.0. The summed E-state index contributed by atoms with van der Waals surface area (Å²) in [6.45, 7) is 4.78. The third-order valence-corrected chi connectivity index (χ3v) is 5.84. The minimum atomic E-state index is -0.943. The van der Waals surface area contributed by atoms with Crippen LogP contribution in [0.25, 0.3) is 0 Å². The minimum Gasteiger partial charge on any atom is -0.497 e. The Morgan fingerprint density at radius 3 is 1.62 bits per heavy atom. The van der Waals surface area contributed by atoms with Crippen molar-refractivity contribution in [2.75, 3.05) is 13.2 Å². The molecule has 0 amide bonds. The summed E-state index contributed by atoms with van der Waals surface area (Å²) in [5.41, 5.74) is -1.89. The molecule has 130 valence electrons. The van der Waals surface area contributed by atoms with E-state index >= 15 is 0 Å². The Kier molecular flexibility index (Phi) is 3.41. The van der Waals surface area contributed by atoms with E-state index in [0.29, 0.717) is 24.7 Å². The van der Waals surface area contributed by atoms with Gasteiger partial charge in [0.1, 0.15) is 11.5 Å². The molecule has 0 aromatic carbocycles. The van der Waals surface area contributed by atoms with Crippen molar-refractivity contribution in [3.63, 3.8) is 0 Å². The first-order valence-electron chi connectivity index (χ1n) is 8.60. The number of esters is 2. The lowest BCUT2D eigenvalue weighted by molar-refractivity contribution is -0.302. The van der Waals surface area contributed by atoms with E-state index in [0.717, 1.165) is 25.7 Å². The summed E-state index contributed by atoms with van der Waals surface area (Å²) in [7, 11) is 0. The fourth-order valence-corrected chi connectivity index (χ4v) is 4.45. The Hall–Kier alpha value is -1.98. The molecule has 1 saturated carbocycles. The molecule has 4 rings (SSSR count). The Balaban J connectivity index is 1.77. The predicted molar refractivity (Wildman–Crippen MR) is 82.5 cm³/mol. The van der Waals surface area contributed by atoms with Crippen LogP contribution in [0.2, 0.25) is 0 Å². The molecule has 24 heavy (non-hydrogen) atoms. The maximum absolute atomic E-state index is 12.1. The van der Waals surface area contributed by atoms with E-state index in [9.17, 15) is 9.59 Å². The monoisotopic (exact) mass is 334 g/mol. The molecule has 6 heteroatoms. The summed E-state index contributed by atoms with van der Waals surface area (Å²) in [4.78, 5) is 24.1. The second-order valence-corrected chi connectivity index (χ2v) is 7.22. The van der Waals surface area contributed by atoms with Gasteiger partial charge in [-0.3, -0.25) is 0 Å². The van der Waals surface area contributed by atoms with Gasteiger partial charge in [-0.1, -0.05) is 0 Å². The largest absolute Gasteiger partial charge is 0.497 e. The lowest BCUT2D eigenvalue weighted by atomic mass is 9.48. The van der Waals surface area contributed by atoms with E-state index in [-0.39, 0.29) is 11.8 Å². The molecule has 0 bridgehead atoms. The zero-order chi connectivity index (χ0) is 16.9. The smallest absolute Gasteiger partial charge is 0.334 e. The van der Waals surface area contributed by atoms with Crippen LogP contribution >= 0.6 is 0 Å². The minimum absolute atomic E-state index is 0.195. The fraction of sp³-hybridized carbons (Fsp3) is 0.667. The molecule has 0 radical (unpaired) electrons. The lowest BCUT2D eigenvalue weighted by Gasteiger charge is -2.65. The number of ether oxygens (including phenoxy) is 4. The fourth-order valence-electron chi connectivity index (χ4n) is 4.45. The molecule has 0 N–H and O–H groups in total. The van der Waals surface area contributed by atoms with Crippen molar-refractivity contribution in [2.45, 2.75) is 50.7 Å². The van der Waals surface area contributed by atoms with Crippen LogP contribution in [0.3, 0.4) is 0 Å². The molecule has 4 aliphatic rings. The average Bonchev–Trinajstić information content (AvgIpc) is 2.49. The number of hydrogen-bond donors (Lipinski definition) is 0. The molecule has 6 nitrogen and oxygen atoms in total. The van der Waals surface area contributed by atoms with Crippen LogP contribution in [0.1, 0.15) is 39.5 Å². The summed E-state index contributed by atoms with van der Waals surface area (Å²) in [6.07, 6.45) is 6.82. The van der Waals surface area contributed by atoms with Crippen molar-refractivity contribution >= 4 is 11.9 Å². The second-order valence-electron chi connectivity index (χ2n) is 7.22. The normalized spacial score (nSPS) is 41.4. The van der Waals surface area contributed by atoms with Crippen molar-refractivity contribution in [3.05, 3.63) is 23.7 Å². The van der Waals surface area contributed by atoms with E-state index < -0.39 is 23.1 Å². The molecule has 1 aliphatic carbocycles. The van der Waals surface area contributed by atoms with Crippen molar-refractivity contribution < 1.29 is 28.5 Å². The van der Waals surface area contributed by atoms with Crippen LogP contribution < -0.4 is 0 Å². The van der Waals surface area contributed by atoms with Crippen LogP contribution in [-0.4, -0.2) is 36.4 Å². The molecule has 4 atom stereocenters. The van der Waals surface area contributed by atoms with Crippen LogP contribution in [0.5, 0.6) is 0 Å². The molecule has 0 spiro atoms. The first-order chi connectivity index (χ1) is 11.5. The lowest BCUT2D eigenvalue weighted by Crippen LogP contribution is -2.78. The molecule has 3 heterocycles. The van der Waals surface area contributed by atoms with Crippen LogP contribution in [0, 0.1) is 11.8 Å². The van der Waals surface area contributed by atoms with Gasteiger partial charge in [0, 0.05) is 0 Å². The number of hydrogen-bond acceptors (Lipinski definition) is 6. The van der Waals surface area contributed by atoms with Crippen molar-refractivity contribution in [1.29, 1.82) is 0 Å². The van der Waals surface area contributed by atoms with Gasteiger partial charge in [0.25, 0.3) is 0 Å². The van der Waals surface area contributed by atoms with Crippen LogP contribution in [0.15, 0.2) is 23.7 Å². The second kappa shape index (κ2) is 5.26. The Morgan fingerprint density at radius 2 is 1.21 bits per heavy atom. The van der Waals surface area contributed by atoms with Gasteiger partial charge in [0.2, 0.25) is 0 Å². The molecule has 1 saturated heterocycles. The van der Waals surface area contributed by atoms with Gasteiger partial charge in [-0.15, -0.1) is 0 Å². The average molecular weight is 334 g/mol. The number of carbonyl (C=O) groups excluding carboxylic acids is 2. The van der Waals surface area contributed by atoms with Crippen LogP contribution in [0.4, 0.5) is 0 Å². The number of fused-ring (bicyclic) bond motifs is 1. The van der Waals surface area contributed by atoms with Gasteiger partial charge >= 0.3 is 11.9 Å². The van der Waals surface area contributed by atoms with Gasteiger partial charge in [0.05, 0.1) is 37.2 Å². The Bertz CT molecular complexity index is 594. The quantitative estimate of drug-likeness (QED) is 0.633. The first kappa shape index (κ1) is 15.5. The number of carbonyl (C=O) groups is 2. The Morgan fingerprint density at radius 1 is 0.792 bits per heavy atom. The highest BCUT2D eigenvalue weighted by atomic mass is 16.6. The molecular formula is C18H22O6. The zero-order valence-corrected chi connectivity index (χ0v) is 14.0. The van der Waals surface area contributed by atoms with Crippen LogP contribution in [-0.2, 0) is 28.5 Å². The highest BCUT2D eigenvalue weighted by Gasteiger charge is 2.77. The molecule has 2 fully saturated rings. The van der Waals surface area contributed by atoms with Crippen molar-refractivity contribution in [2.24, 2.45) is 11.8 Å². The van der Waals surface area contributed by atoms with Gasteiger partial charge in [-0.25, -0.2) is 9.59 Å². The maximum Gasteiger partial charge on any atom is 0.334 e. The molecule has 3 aliphatic heterocycles. The summed E-state index contributed by atoms with van der Waals surface area (Å²) in [5, 5.41) is 0. The molecule has 0 unspecified atom stereocenters. The molecular weight excluding hydrogens is 312 g/mol. The topological polar surface area (TPSA) is 71.1 Å². The van der Waals surface area contributed by atoms with E-state index in [1.807, 2.05) is 13.8 Å². The van der Waals surface area contributed by atoms with E-state index in [2.05, 4.69) is 0 Å². The summed E-state index contributed by atoms with van der Waals surface area (Å²) in [6, 6.07) is 0.